The summed E-state index contributed by atoms with van der Waals surface area (Å²) in [5, 5.41) is 2.91. The van der Waals surface area contributed by atoms with E-state index in [0.717, 1.165) is 27.8 Å². The van der Waals surface area contributed by atoms with Crippen LogP contribution >= 0.6 is 11.8 Å². The lowest BCUT2D eigenvalue weighted by Gasteiger charge is -2.33. The van der Waals surface area contributed by atoms with Gasteiger partial charge in [-0.05, 0) is 80.3 Å². The van der Waals surface area contributed by atoms with Crippen LogP contribution in [0.2, 0.25) is 0 Å². The molecule has 1 fully saturated rings. The third-order valence-electron chi connectivity index (χ3n) is 6.62. The third-order valence-corrected chi connectivity index (χ3v) is 8.01. The van der Waals surface area contributed by atoms with Crippen LogP contribution in [0.25, 0.3) is 0 Å². The number of thioether (sulfide) groups is 1. The first-order valence-corrected chi connectivity index (χ1v) is 12.5. The first-order valence-electron chi connectivity index (χ1n) is 11.5. The molecule has 178 valence electrons. The van der Waals surface area contributed by atoms with Crippen molar-refractivity contribution in [1.82, 2.24) is 0 Å². The summed E-state index contributed by atoms with van der Waals surface area (Å²) in [6.07, 6.45) is 0. The van der Waals surface area contributed by atoms with Crippen LogP contribution in [0.4, 0.5) is 17.1 Å². The number of carbonyl (C=O) groups excluding carboxylic acids is 3. The Bertz CT molecular complexity index is 1370. The van der Waals surface area contributed by atoms with Gasteiger partial charge >= 0.3 is 0 Å². The molecule has 3 aromatic rings. The fraction of sp³-hybridized carbons (Fsp3) is 0.250. The Labute approximate surface area is 209 Å². The van der Waals surface area contributed by atoms with Crippen LogP contribution in [0.15, 0.2) is 60.7 Å². The van der Waals surface area contributed by atoms with E-state index in [9.17, 15) is 14.4 Å². The van der Waals surface area contributed by atoms with Gasteiger partial charge < -0.3 is 5.32 Å². The number of benzene rings is 3. The van der Waals surface area contributed by atoms with Crippen molar-refractivity contribution >= 4 is 46.5 Å². The van der Waals surface area contributed by atoms with E-state index in [-0.39, 0.29) is 30.0 Å². The molecule has 0 bridgehead atoms. The predicted octanol–water partition coefficient (Wildman–Crippen LogP) is 4.84. The highest BCUT2D eigenvalue weighted by Gasteiger charge is 2.61. The molecule has 5 rings (SSSR count). The maximum Gasteiger partial charge on any atom is 0.269 e. The summed E-state index contributed by atoms with van der Waals surface area (Å²) in [5.41, 5.74) is 7.03. The van der Waals surface area contributed by atoms with E-state index in [1.54, 1.807) is 4.90 Å². The Balaban J connectivity index is 1.52. The van der Waals surface area contributed by atoms with Crippen LogP contribution in [0.3, 0.4) is 0 Å². The molecule has 3 aromatic carbocycles. The lowest BCUT2D eigenvalue weighted by atomic mass is 10.0. The SMILES string of the molecule is Cc1cc(C)cc(N2C(=O)CSC23C(=O)N(CC(=O)Nc2ccc(C)c(C)c2)c2ccccc23)c1. The van der Waals surface area contributed by atoms with E-state index in [2.05, 4.69) is 5.32 Å². The van der Waals surface area contributed by atoms with Gasteiger partial charge in [0.2, 0.25) is 16.7 Å². The van der Waals surface area contributed by atoms with Crippen molar-refractivity contribution < 1.29 is 14.4 Å². The summed E-state index contributed by atoms with van der Waals surface area (Å²) in [7, 11) is 0. The second-order valence-electron chi connectivity index (χ2n) is 9.26. The number of aryl methyl sites for hydroxylation is 4. The van der Waals surface area contributed by atoms with E-state index in [1.165, 1.54) is 16.7 Å². The molecule has 2 aliphatic heterocycles. The van der Waals surface area contributed by atoms with E-state index >= 15 is 0 Å². The summed E-state index contributed by atoms with van der Waals surface area (Å²) < 4.78 is 0. The van der Waals surface area contributed by atoms with E-state index in [1.807, 2.05) is 88.4 Å². The smallest absolute Gasteiger partial charge is 0.269 e. The second-order valence-corrected chi connectivity index (χ2v) is 10.4. The molecular formula is C28H27N3O3S. The molecule has 0 aromatic heterocycles. The van der Waals surface area contributed by atoms with E-state index < -0.39 is 4.87 Å². The van der Waals surface area contributed by atoms with Gasteiger partial charge in [-0.3, -0.25) is 24.2 Å². The lowest BCUT2D eigenvalue weighted by molar-refractivity contribution is -0.124. The summed E-state index contributed by atoms with van der Waals surface area (Å²) in [6, 6.07) is 19.1. The number of fused-ring (bicyclic) bond motifs is 2. The molecule has 1 saturated heterocycles. The predicted molar refractivity (Wildman–Crippen MR) is 141 cm³/mol. The van der Waals surface area contributed by atoms with Crippen molar-refractivity contribution in [2.75, 3.05) is 27.4 Å². The van der Waals surface area contributed by atoms with Gasteiger partial charge in [0, 0.05) is 16.9 Å². The standard InChI is InChI=1S/C28H27N3O3S/c1-17-11-18(2)13-22(12-17)31-26(33)16-35-28(31)23-7-5-6-8-24(23)30(27(28)34)15-25(32)29-21-10-9-19(3)20(4)14-21/h5-14H,15-16H2,1-4H3,(H,29,32). The molecule has 1 atom stereocenters. The Kier molecular flexibility index (Phi) is 5.68. The van der Waals surface area contributed by atoms with Gasteiger partial charge in [0.25, 0.3) is 5.91 Å². The lowest BCUT2D eigenvalue weighted by Crippen LogP contribution is -2.51. The van der Waals surface area contributed by atoms with Gasteiger partial charge in [-0.15, -0.1) is 11.8 Å². The number of amides is 3. The summed E-state index contributed by atoms with van der Waals surface area (Å²) in [5.74, 6) is -0.496. The van der Waals surface area contributed by atoms with Gasteiger partial charge in [-0.1, -0.05) is 30.3 Å². The van der Waals surface area contributed by atoms with Crippen molar-refractivity contribution in [3.63, 3.8) is 0 Å². The highest BCUT2D eigenvalue weighted by Crippen LogP contribution is 2.55. The average Bonchev–Trinajstić information content (AvgIpc) is 3.27. The molecule has 1 unspecified atom stereocenters. The minimum atomic E-state index is -1.23. The fourth-order valence-corrected chi connectivity index (χ4v) is 6.31. The molecule has 0 aliphatic carbocycles. The first-order chi connectivity index (χ1) is 16.7. The summed E-state index contributed by atoms with van der Waals surface area (Å²) in [4.78, 5) is 42.2. The summed E-state index contributed by atoms with van der Waals surface area (Å²) in [6.45, 7) is 7.82. The molecule has 3 amide bonds. The monoisotopic (exact) mass is 485 g/mol. The number of hydrogen-bond donors (Lipinski definition) is 1. The minimum absolute atomic E-state index is 0.121. The van der Waals surface area contributed by atoms with Gasteiger partial charge in [0.05, 0.1) is 11.4 Å². The van der Waals surface area contributed by atoms with E-state index in [0.29, 0.717) is 17.1 Å². The maximum atomic E-state index is 14.1. The van der Waals surface area contributed by atoms with Crippen molar-refractivity contribution in [3.05, 3.63) is 88.5 Å². The zero-order valence-electron chi connectivity index (χ0n) is 20.2. The molecule has 0 radical (unpaired) electrons. The maximum absolute atomic E-state index is 14.1. The van der Waals surface area contributed by atoms with Crippen LogP contribution < -0.4 is 15.1 Å². The first kappa shape index (κ1) is 23.2. The number of carbonyl (C=O) groups is 3. The molecule has 1 N–H and O–H groups in total. The van der Waals surface area contributed by atoms with Crippen LogP contribution in [0.5, 0.6) is 0 Å². The summed E-state index contributed by atoms with van der Waals surface area (Å²) >= 11 is 1.32. The molecule has 35 heavy (non-hydrogen) atoms. The van der Waals surface area contributed by atoms with Crippen molar-refractivity contribution in [3.8, 4) is 0 Å². The topological polar surface area (TPSA) is 69.7 Å². The normalized spacial score (nSPS) is 19.0. The number of anilines is 3. The largest absolute Gasteiger partial charge is 0.325 e. The molecule has 2 heterocycles. The highest BCUT2D eigenvalue weighted by molar-refractivity contribution is 8.02. The molecule has 7 heteroatoms. The van der Waals surface area contributed by atoms with E-state index in [4.69, 9.17) is 0 Å². The number of hydrogen-bond acceptors (Lipinski definition) is 4. The molecular weight excluding hydrogens is 458 g/mol. The van der Waals surface area contributed by atoms with Crippen LogP contribution in [0.1, 0.15) is 27.8 Å². The van der Waals surface area contributed by atoms with Crippen LogP contribution in [-0.2, 0) is 19.3 Å². The zero-order chi connectivity index (χ0) is 24.9. The fourth-order valence-electron chi connectivity index (χ4n) is 4.96. The van der Waals surface area contributed by atoms with Crippen LogP contribution in [0, 0.1) is 27.7 Å². The Morgan fingerprint density at radius 1 is 0.943 bits per heavy atom. The number of rotatable bonds is 4. The quantitative estimate of drug-likeness (QED) is 0.574. The zero-order valence-corrected chi connectivity index (χ0v) is 21.0. The number of nitrogens with zero attached hydrogens (tertiary/aromatic N) is 2. The second kappa shape index (κ2) is 8.57. The van der Waals surface area contributed by atoms with Crippen molar-refractivity contribution in [2.45, 2.75) is 32.6 Å². The molecule has 0 saturated carbocycles. The van der Waals surface area contributed by atoms with Crippen molar-refractivity contribution in [2.24, 2.45) is 0 Å². The Morgan fingerprint density at radius 3 is 2.37 bits per heavy atom. The van der Waals surface area contributed by atoms with Crippen molar-refractivity contribution in [1.29, 1.82) is 0 Å². The number of para-hydroxylation sites is 1. The molecule has 1 spiro atoms. The van der Waals surface area contributed by atoms with Gasteiger partial charge in [-0.25, -0.2) is 0 Å². The Morgan fingerprint density at radius 2 is 1.66 bits per heavy atom. The van der Waals surface area contributed by atoms with Gasteiger partial charge in [0.15, 0.2) is 0 Å². The minimum Gasteiger partial charge on any atom is -0.325 e. The van der Waals surface area contributed by atoms with Gasteiger partial charge in [0.1, 0.15) is 6.54 Å². The molecule has 6 nitrogen and oxygen atoms in total. The third kappa shape index (κ3) is 3.80. The number of nitrogens with one attached hydrogen (secondary N) is 1. The highest BCUT2D eigenvalue weighted by atomic mass is 32.2. The Hall–Kier alpha value is -3.58. The molecule has 2 aliphatic rings. The van der Waals surface area contributed by atoms with Crippen LogP contribution in [-0.4, -0.2) is 30.0 Å². The van der Waals surface area contributed by atoms with Gasteiger partial charge in [-0.2, -0.15) is 0 Å². The average molecular weight is 486 g/mol.